The molecule has 1 atom stereocenters. The zero-order chi connectivity index (χ0) is 16.0. The highest BCUT2D eigenvalue weighted by atomic mass is 32.2. The molecule has 1 aromatic carbocycles. The van der Waals surface area contributed by atoms with E-state index in [2.05, 4.69) is 11.6 Å². The van der Waals surface area contributed by atoms with Crippen molar-refractivity contribution >= 4 is 15.9 Å². The molecule has 0 saturated carbocycles. The van der Waals surface area contributed by atoms with Crippen LogP contribution in [-0.4, -0.2) is 38.4 Å². The molecule has 1 fully saturated rings. The van der Waals surface area contributed by atoms with Crippen LogP contribution in [0.2, 0.25) is 0 Å². The SMILES string of the molecule is CCC1CCCCN1C(=O)CCNS(=O)(=O)c1ccccc1. The molecule has 0 spiro atoms. The third-order valence-electron chi connectivity index (χ3n) is 4.10. The van der Waals surface area contributed by atoms with Gasteiger partial charge in [-0.15, -0.1) is 0 Å². The number of hydrogen-bond donors (Lipinski definition) is 1. The average Bonchev–Trinajstić information content (AvgIpc) is 2.55. The van der Waals surface area contributed by atoms with E-state index in [0.717, 1.165) is 25.8 Å². The summed E-state index contributed by atoms with van der Waals surface area (Å²) in [5.41, 5.74) is 0. The van der Waals surface area contributed by atoms with Crippen LogP contribution in [0.5, 0.6) is 0 Å². The van der Waals surface area contributed by atoms with E-state index < -0.39 is 10.0 Å². The third-order valence-corrected chi connectivity index (χ3v) is 5.58. The van der Waals surface area contributed by atoms with Crippen LogP contribution in [0.1, 0.15) is 39.0 Å². The van der Waals surface area contributed by atoms with E-state index in [-0.39, 0.29) is 23.8 Å². The number of piperidine rings is 1. The second kappa shape index (κ2) is 7.74. The predicted molar refractivity (Wildman–Crippen MR) is 85.9 cm³/mol. The molecule has 0 aliphatic carbocycles. The number of rotatable bonds is 6. The largest absolute Gasteiger partial charge is 0.340 e. The average molecular weight is 324 g/mol. The van der Waals surface area contributed by atoms with Crippen LogP contribution in [0.3, 0.4) is 0 Å². The summed E-state index contributed by atoms with van der Waals surface area (Å²) in [6, 6.07) is 8.53. The molecule has 22 heavy (non-hydrogen) atoms. The number of hydrogen-bond acceptors (Lipinski definition) is 3. The van der Waals surface area contributed by atoms with Gasteiger partial charge in [0, 0.05) is 25.6 Å². The van der Waals surface area contributed by atoms with Gasteiger partial charge in [0.05, 0.1) is 4.90 Å². The number of sulfonamides is 1. The fraction of sp³-hybridized carbons (Fsp3) is 0.562. The van der Waals surface area contributed by atoms with Crippen LogP contribution in [0, 0.1) is 0 Å². The summed E-state index contributed by atoms with van der Waals surface area (Å²) in [5.74, 6) is 0.0438. The lowest BCUT2D eigenvalue weighted by Crippen LogP contribution is -2.44. The standard InChI is InChI=1S/C16H24N2O3S/c1-2-14-8-6-7-13-18(14)16(19)11-12-17-22(20,21)15-9-4-3-5-10-15/h3-5,9-10,14,17H,2,6-8,11-13H2,1H3. The van der Waals surface area contributed by atoms with Gasteiger partial charge in [-0.3, -0.25) is 4.79 Å². The van der Waals surface area contributed by atoms with Crippen molar-refractivity contribution in [2.45, 2.75) is 50.0 Å². The zero-order valence-corrected chi connectivity index (χ0v) is 13.8. The first-order valence-electron chi connectivity index (χ1n) is 7.89. The van der Waals surface area contributed by atoms with Crippen molar-refractivity contribution in [2.75, 3.05) is 13.1 Å². The molecule has 1 N–H and O–H groups in total. The number of amides is 1. The van der Waals surface area contributed by atoms with Crippen molar-refractivity contribution < 1.29 is 13.2 Å². The molecule has 6 heteroatoms. The molecule has 0 bridgehead atoms. The van der Waals surface area contributed by atoms with Gasteiger partial charge >= 0.3 is 0 Å². The van der Waals surface area contributed by atoms with E-state index in [4.69, 9.17) is 0 Å². The Labute approximate surface area is 132 Å². The molecular weight excluding hydrogens is 300 g/mol. The van der Waals surface area contributed by atoms with Crippen molar-refractivity contribution in [1.29, 1.82) is 0 Å². The van der Waals surface area contributed by atoms with Gasteiger partial charge in [-0.05, 0) is 37.8 Å². The van der Waals surface area contributed by atoms with Gasteiger partial charge in [-0.2, -0.15) is 0 Å². The lowest BCUT2D eigenvalue weighted by atomic mass is 9.99. The fourth-order valence-electron chi connectivity index (χ4n) is 2.87. The molecule has 2 rings (SSSR count). The topological polar surface area (TPSA) is 66.5 Å². The zero-order valence-electron chi connectivity index (χ0n) is 13.0. The highest BCUT2D eigenvalue weighted by Gasteiger charge is 2.25. The maximum atomic E-state index is 12.3. The molecule has 1 unspecified atom stereocenters. The molecule has 122 valence electrons. The van der Waals surface area contributed by atoms with Crippen molar-refractivity contribution in [3.05, 3.63) is 30.3 Å². The Morgan fingerprint density at radius 1 is 1.27 bits per heavy atom. The Kier molecular flexibility index (Phi) is 5.97. The Morgan fingerprint density at radius 3 is 2.68 bits per heavy atom. The molecule has 5 nitrogen and oxygen atoms in total. The van der Waals surface area contributed by atoms with Gasteiger partial charge in [0.15, 0.2) is 0 Å². The second-order valence-electron chi connectivity index (χ2n) is 5.61. The third kappa shape index (κ3) is 4.30. The number of nitrogens with one attached hydrogen (secondary N) is 1. The van der Waals surface area contributed by atoms with Gasteiger partial charge in [-0.25, -0.2) is 13.1 Å². The van der Waals surface area contributed by atoms with E-state index in [0.29, 0.717) is 6.04 Å². The minimum atomic E-state index is -3.53. The van der Waals surface area contributed by atoms with Crippen molar-refractivity contribution in [1.82, 2.24) is 9.62 Å². The van der Waals surface area contributed by atoms with Crippen LogP contribution in [-0.2, 0) is 14.8 Å². The number of nitrogens with zero attached hydrogens (tertiary/aromatic N) is 1. The van der Waals surface area contributed by atoms with E-state index in [1.807, 2.05) is 4.90 Å². The number of benzene rings is 1. The van der Waals surface area contributed by atoms with Gasteiger partial charge in [0.2, 0.25) is 15.9 Å². The quantitative estimate of drug-likeness (QED) is 0.872. The van der Waals surface area contributed by atoms with Crippen molar-refractivity contribution in [3.8, 4) is 0 Å². The summed E-state index contributed by atoms with van der Waals surface area (Å²) in [6.07, 6.45) is 4.43. The summed E-state index contributed by atoms with van der Waals surface area (Å²) in [5, 5.41) is 0. The van der Waals surface area contributed by atoms with Gasteiger partial charge in [0.25, 0.3) is 0 Å². The van der Waals surface area contributed by atoms with E-state index in [1.165, 1.54) is 6.42 Å². The van der Waals surface area contributed by atoms with Gasteiger partial charge in [0.1, 0.15) is 0 Å². The normalized spacial score (nSPS) is 19.1. The first-order valence-corrected chi connectivity index (χ1v) is 9.37. The van der Waals surface area contributed by atoms with Crippen LogP contribution < -0.4 is 4.72 Å². The van der Waals surface area contributed by atoms with Crippen LogP contribution in [0.4, 0.5) is 0 Å². The molecule has 1 heterocycles. The summed E-state index contributed by atoms with van der Waals surface area (Å²) >= 11 is 0. The predicted octanol–water partition coefficient (Wildman–Crippen LogP) is 2.15. The molecule has 1 aliphatic rings. The Balaban J connectivity index is 1.86. The highest BCUT2D eigenvalue weighted by molar-refractivity contribution is 7.89. The first-order chi connectivity index (χ1) is 10.5. The lowest BCUT2D eigenvalue weighted by molar-refractivity contribution is -0.134. The highest BCUT2D eigenvalue weighted by Crippen LogP contribution is 2.20. The summed E-state index contributed by atoms with van der Waals surface area (Å²) in [6.45, 7) is 3.03. The summed E-state index contributed by atoms with van der Waals surface area (Å²) < 4.78 is 26.7. The molecular formula is C16H24N2O3S. The molecule has 1 saturated heterocycles. The van der Waals surface area contributed by atoms with Crippen LogP contribution in [0.15, 0.2) is 35.2 Å². The molecule has 1 aliphatic heterocycles. The Bertz CT molecular complexity index is 587. The number of carbonyl (C=O) groups is 1. The lowest BCUT2D eigenvalue weighted by Gasteiger charge is -2.35. The van der Waals surface area contributed by atoms with Crippen LogP contribution >= 0.6 is 0 Å². The van der Waals surface area contributed by atoms with Crippen LogP contribution in [0.25, 0.3) is 0 Å². The molecule has 0 aromatic heterocycles. The molecule has 0 radical (unpaired) electrons. The first kappa shape index (κ1) is 17.0. The van der Waals surface area contributed by atoms with E-state index in [1.54, 1.807) is 30.3 Å². The molecule has 1 amide bonds. The fourth-order valence-corrected chi connectivity index (χ4v) is 3.93. The van der Waals surface area contributed by atoms with Crippen molar-refractivity contribution in [3.63, 3.8) is 0 Å². The van der Waals surface area contributed by atoms with Crippen molar-refractivity contribution in [2.24, 2.45) is 0 Å². The molecule has 1 aromatic rings. The summed E-state index contributed by atoms with van der Waals surface area (Å²) in [7, 11) is -3.53. The van der Waals surface area contributed by atoms with Gasteiger partial charge in [-0.1, -0.05) is 25.1 Å². The smallest absolute Gasteiger partial charge is 0.240 e. The Morgan fingerprint density at radius 2 is 2.00 bits per heavy atom. The minimum absolute atomic E-state index is 0.0438. The van der Waals surface area contributed by atoms with E-state index >= 15 is 0 Å². The second-order valence-corrected chi connectivity index (χ2v) is 7.37. The maximum absolute atomic E-state index is 12.3. The maximum Gasteiger partial charge on any atom is 0.240 e. The summed E-state index contributed by atoms with van der Waals surface area (Å²) in [4.78, 5) is 14.4. The van der Waals surface area contributed by atoms with Gasteiger partial charge < -0.3 is 4.90 Å². The van der Waals surface area contributed by atoms with E-state index in [9.17, 15) is 13.2 Å². The number of likely N-dealkylation sites (tertiary alicyclic amines) is 1. The monoisotopic (exact) mass is 324 g/mol. The Hall–Kier alpha value is -1.40. The number of carbonyl (C=O) groups excluding carboxylic acids is 1. The minimum Gasteiger partial charge on any atom is -0.340 e.